The Bertz CT molecular complexity index is 721. The van der Waals surface area contributed by atoms with Crippen molar-refractivity contribution in [2.45, 2.75) is 6.42 Å². The van der Waals surface area contributed by atoms with E-state index < -0.39 is 11.9 Å². The molecule has 0 aliphatic carbocycles. The van der Waals surface area contributed by atoms with E-state index in [2.05, 4.69) is 26.9 Å². The topological polar surface area (TPSA) is 64.6 Å². The average Bonchev–Trinajstić information content (AvgIpc) is 2.62. The third kappa shape index (κ3) is 4.98. The van der Waals surface area contributed by atoms with Crippen LogP contribution in [0.2, 0.25) is 0 Å². The van der Waals surface area contributed by atoms with Crippen molar-refractivity contribution in [1.29, 1.82) is 0 Å². The lowest BCUT2D eigenvalue weighted by Gasteiger charge is -2.10. The van der Waals surface area contributed by atoms with Crippen molar-refractivity contribution >= 4 is 17.6 Å². The van der Waals surface area contributed by atoms with Gasteiger partial charge in [-0.2, -0.15) is 0 Å². The van der Waals surface area contributed by atoms with E-state index >= 15 is 0 Å². The molecule has 0 aromatic heterocycles. The van der Waals surface area contributed by atoms with Crippen LogP contribution in [0.4, 0.5) is 5.69 Å². The smallest absolute Gasteiger partial charge is 0.354 e. The van der Waals surface area contributed by atoms with Crippen LogP contribution in [0.15, 0.2) is 66.4 Å². The first-order chi connectivity index (χ1) is 11.6. The summed E-state index contributed by atoms with van der Waals surface area (Å²) in [6.07, 6.45) is 1.88. The fourth-order valence-electron chi connectivity index (χ4n) is 2.13. The number of hydrogen-bond donors (Lipinski definition) is 1. The van der Waals surface area contributed by atoms with Gasteiger partial charge in [0.15, 0.2) is 0 Å². The summed E-state index contributed by atoms with van der Waals surface area (Å²) in [7, 11) is 2.49. The second-order valence-corrected chi connectivity index (χ2v) is 5.06. The van der Waals surface area contributed by atoms with Gasteiger partial charge >= 0.3 is 11.9 Å². The van der Waals surface area contributed by atoms with E-state index in [0.29, 0.717) is 5.69 Å². The lowest BCUT2D eigenvalue weighted by Crippen LogP contribution is -2.15. The molecule has 1 N–H and O–H groups in total. The van der Waals surface area contributed by atoms with Crippen LogP contribution in [0.1, 0.15) is 11.1 Å². The second-order valence-electron chi connectivity index (χ2n) is 5.06. The van der Waals surface area contributed by atoms with E-state index in [4.69, 9.17) is 0 Å². The molecular weight excluding hydrogens is 306 g/mol. The summed E-state index contributed by atoms with van der Waals surface area (Å²) in [6.45, 7) is 0. The Morgan fingerprint density at radius 3 is 2.12 bits per heavy atom. The van der Waals surface area contributed by atoms with E-state index in [1.54, 1.807) is 0 Å². The summed E-state index contributed by atoms with van der Waals surface area (Å²) in [6, 6.07) is 17.7. The fourth-order valence-corrected chi connectivity index (χ4v) is 2.13. The Labute approximate surface area is 140 Å². The van der Waals surface area contributed by atoms with E-state index in [0.717, 1.165) is 18.1 Å². The second kappa shape index (κ2) is 8.53. The third-order valence-electron chi connectivity index (χ3n) is 3.35. The van der Waals surface area contributed by atoms with Crippen LogP contribution in [0.3, 0.4) is 0 Å². The number of anilines is 1. The number of carbonyl (C=O) groups excluding carboxylic acids is 2. The number of ether oxygens (including phenoxy) is 2. The zero-order chi connectivity index (χ0) is 17.4. The number of methoxy groups -OCH3 is 2. The van der Waals surface area contributed by atoms with Crippen molar-refractivity contribution in [2.75, 3.05) is 19.5 Å². The van der Waals surface area contributed by atoms with Crippen molar-refractivity contribution in [1.82, 2.24) is 0 Å². The highest BCUT2D eigenvalue weighted by atomic mass is 16.5. The first-order valence-electron chi connectivity index (χ1n) is 7.40. The molecule has 0 radical (unpaired) electrons. The van der Waals surface area contributed by atoms with Gasteiger partial charge in [-0.3, -0.25) is 0 Å². The molecule has 0 bridgehead atoms. The normalized spacial score (nSPS) is 10.8. The zero-order valence-corrected chi connectivity index (χ0v) is 13.6. The molecular formula is C19H19NO4. The Morgan fingerprint density at radius 1 is 0.917 bits per heavy atom. The number of carbonyl (C=O) groups is 2. The molecule has 2 aromatic carbocycles. The maximum absolute atomic E-state index is 11.7. The van der Waals surface area contributed by atoms with Crippen molar-refractivity contribution in [2.24, 2.45) is 0 Å². The molecule has 0 amide bonds. The summed E-state index contributed by atoms with van der Waals surface area (Å²) in [5.74, 6) is -1.28. The zero-order valence-electron chi connectivity index (χ0n) is 13.6. The number of nitrogens with one attached hydrogen (secondary N) is 1. The predicted molar refractivity (Wildman–Crippen MR) is 91.4 cm³/mol. The highest BCUT2D eigenvalue weighted by Gasteiger charge is 2.12. The van der Waals surface area contributed by atoms with Crippen molar-refractivity contribution in [3.63, 3.8) is 0 Å². The van der Waals surface area contributed by atoms with Gasteiger partial charge in [0.2, 0.25) is 0 Å². The molecule has 0 spiro atoms. The van der Waals surface area contributed by atoms with Gasteiger partial charge in [0.05, 0.1) is 20.3 Å². The Balaban J connectivity index is 2.10. The number of esters is 2. The molecule has 2 rings (SSSR count). The third-order valence-corrected chi connectivity index (χ3v) is 3.35. The van der Waals surface area contributed by atoms with Crippen LogP contribution < -0.4 is 5.32 Å². The highest BCUT2D eigenvalue weighted by Crippen LogP contribution is 2.15. The molecule has 0 heterocycles. The highest BCUT2D eigenvalue weighted by molar-refractivity contribution is 5.98. The van der Waals surface area contributed by atoms with Gasteiger partial charge in [0, 0.05) is 5.69 Å². The molecule has 0 unspecified atom stereocenters. The van der Waals surface area contributed by atoms with E-state index in [1.165, 1.54) is 19.8 Å². The summed E-state index contributed by atoms with van der Waals surface area (Å²) in [5.41, 5.74) is 3.05. The fraction of sp³-hybridized carbons (Fsp3) is 0.158. The van der Waals surface area contributed by atoms with Gasteiger partial charge in [0.25, 0.3) is 0 Å². The van der Waals surface area contributed by atoms with Gasteiger partial charge in [-0.25, -0.2) is 9.59 Å². The molecule has 24 heavy (non-hydrogen) atoms. The Hall–Kier alpha value is -3.08. The first-order valence-corrected chi connectivity index (χ1v) is 7.40. The van der Waals surface area contributed by atoms with Gasteiger partial charge in [-0.15, -0.1) is 0 Å². The van der Waals surface area contributed by atoms with Crippen molar-refractivity contribution < 1.29 is 19.1 Å². The molecule has 0 atom stereocenters. The predicted octanol–water partition coefficient (Wildman–Crippen LogP) is 2.92. The molecule has 0 saturated carbocycles. The number of hydrogen-bond acceptors (Lipinski definition) is 5. The Kier molecular flexibility index (Phi) is 6.14. The maximum Gasteiger partial charge on any atom is 0.354 e. The number of rotatable bonds is 6. The van der Waals surface area contributed by atoms with Gasteiger partial charge in [0.1, 0.15) is 5.70 Å². The maximum atomic E-state index is 11.7. The van der Waals surface area contributed by atoms with Crippen molar-refractivity contribution in [3.05, 3.63) is 77.5 Å². The van der Waals surface area contributed by atoms with Crippen LogP contribution >= 0.6 is 0 Å². The minimum atomic E-state index is -0.645. The van der Waals surface area contributed by atoms with Gasteiger partial charge < -0.3 is 14.8 Å². The molecule has 0 fully saturated rings. The molecule has 5 heteroatoms. The Morgan fingerprint density at radius 2 is 1.54 bits per heavy atom. The van der Waals surface area contributed by atoms with Gasteiger partial charge in [-0.05, 0) is 29.7 Å². The quantitative estimate of drug-likeness (QED) is 0.653. The monoisotopic (exact) mass is 325 g/mol. The SMILES string of the molecule is COC(=O)/C=C(/Nc1ccc(Cc2ccccc2)cc1)C(=O)OC. The van der Waals surface area contributed by atoms with E-state index in [9.17, 15) is 9.59 Å². The molecule has 2 aromatic rings. The largest absolute Gasteiger partial charge is 0.466 e. The lowest BCUT2D eigenvalue weighted by molar-refractivity contribution is -0.138. The van der Waals surface area contributed by atoms with Crippen LogP contribution in [0, 0.1) is 0 Å². The number of benzene rings is 2. The van der Waals surface area contributed by atoms with Crippen LogP contribution in [-0.2, 0) is 25.5 Å². The molecule has 0 aliphatic heterocycles. The average molecular weight is 325 g/mol. The summed E-state index contributed by atoms with van der Waals surface area (Å²) in [4.78, 5) is 23.1. The molecule has 5 nitrogen and oxygen atoms in total. The summed E-state index contributed by atoms with van der Waals surface area (Å²) >= 11 is 0. The standard InChI is InChI=1S/C19H19NO4/c1-23-18(21)13-17(19(22)24-2)20-16-10-8-15(9-11-16)12-14-6-4-3-5-7-14/h3-11,13,20H,12H2,1-2H3/b17-13+. The molecule has 0 saturated heterocycles. The first kappa shape index (κ1) is 17.3. The van der Waals surface area contributed by atoms with E-state index in [-0.39, 0.29) is 5.70 Å². The summed E-state index contributed by atoms with van der Waals surface area (Å²) in [5, 5.41) is 2.87. The molecule has 124 valence electrons. The van der Waals surface area contributed by atoms with E-state index in [1.807, 2.05) is 42.5 Å². The lowest BCUT2D eigenvalue weighted by atomic mass is 10.0. The van der Waals surface area contributed by atoms with Crippen molar-refractivity contribution in [3.8, 4) is 0 Å². The van der Waals surface area contributed by atoms with Gasteiger partial charge in [-0.1, -0.05) is 42.5 Å². The van der Waals surface area contributed by atoms with Crippen LogP contribution in [0.25, 0.3) is 0 Å². The van der Waals surface area contributed by atoms with Crippen LogP contribution in [0.5, 0.6) is 0 Å². The van der Waals surface area contributed by atoms with Crippen LogP contribution in [-0.4, -0.2) is 26.2 Å². The minimum Gasteiger partial charge on any atom is -0.466 e. The summed E-state index contributed by atoms with van der Waals surface area (Å²) < 4.78 is 9.19. The minimum absolute atomic E-state index is 0.0140. The molecule has 0 aliphatic rings.